The predicted molar refractivity (Wildman–Crippen MR) is 103 cm³/mol. The number of ether oxygens (including phenoxy) is 2. The van der Waals surface area contributed by atoms with Gasteiger partial charge in [0.15, 0.2) is 0 Å². The third-order valence-corrected chi connectivity index (χ3v) is 7.70. The molecule has 0 aliphatic rings. The van der Waals surface area contributed by atoms with Crippen molar-refractivity contribution in [1.82, 2.24) is 0 Å². The van der Waals surface area contributed by atoms with Crippen molar-refractivity contribution in [2.75, 3.05) is 13.7 Å². The Morgan fingerprint density at radius 2 is 1.74 bits per heavy atom. The van der Waals surface area contributed by atoms with Crippen molar-refractivity contribution in [3.8, 4) is 0 Å². The van der Waals surface area contributed by atoms with E-state index in [-0.39, 0.29) is 17.7 Å². The van der Waals surface area contributed by atoms with Gasteiger partial charge in [-0.15, -0.1) is 0 Å². The zero-order valence-corrected chi connectivity index (χ0v) is 17.8. The minimum absolute atomic E-state index is 0.0903. The number of hydrogen-bond acceptors (Lipinski definition) is 3. The molecular formula is C20H29F3O3Si. The number of halogens is 3. The van der Waals surface area contributed by atoms with Crippen molar-refractivity contribution in [2.24, 2.45) is 0 Å². The van der Waals surface area contributed by atoms with E-state index in [4.69, 9.17) is 9.47 Å². The maximum atomic E-state index is 13.8. The van der Waals surface area contributed by atoms with Crippen LogP contribution in [0.4, 0.5) is 13.2 Å². The Morgan fingerprint density at radius 1 is 1.19 bits per heavy atom. The number of allylic oxidation sites excluding steroid dienone is 2. The minimum Gasteiger partial charge on any atom is -0.463 e. The van der Waals surface area contributed by atoms with Crippen molar-refractivity contribution >= 4 is 14.0 Å². The summed E-state index contributed by atoms with van der Waals surface area (Å²) in [5.41, 5.74) is -2.04. The Bertz CT molecular complexity index is 651. The standard InChI is InChI=1S/C20H29F3O3Si/c1-7-15(2)17(27(4,5)6)13-14-26-18(24)19(25-3,20(21,22)23)16-11-9-8-10-12-16/h7-12,17H,13-14H2,1-6H3/b15-7+/t17-,19?/m1/s1. The predicted octanol–water partition coefficient (Wildman–Crippen LogP) is 5.70. The summed E-state index contributed by atoms with van der Waals surface area (Å²) in [5, 5.41) is 0. The summed E-state index contributed by atoms with van der Waals surface area (Å²) in [6.07, 6.45) is -2.45. The van der Waals surface area contributed by atoms with Gasteiger partial charge < -0.3 is 9.47 Å². The van der Waals surface area contributed by atoms with Gasteiger partial charge in [0.2, 0.25) is 0 Å². The molecule has 3 nitrogen and oxygen atoms in total. The molecule has 1 rings (SSSR count). The van der Waals surface area contributed by atoms with Crippen LogP contribution in [-0.4, -0.2) is 33.9 Å². The number of carbonyl (C=O) groups excluding carboxylic acids is 1. The molecule has 0 aliphatic carbocycles. The van der Waals surface area contributed by atoms with Gasteiger partial charge in [0.25, 0.3) is 5.60 Å². The lowest BCUT2D eigenvalue weighted by Crippen LogP contribution is -2.51. The summed E-state index contributed by atoms with van der Waals surface area (Å²) in [5.74, 6) is -1.43. The van der Waals surface area contributed by atoms with Crippen LogP contribution in [0.2, 0.25) is 25.2 Å². The highest BCUT2D eigenvalue weighted by molar-refractivity contribution is 6.78. The third kappa shape index (κ3) is 5.22. The highest BCUT2D eigenvalue weighted by atomic mass is 28.3. The van der Waals surface area contributed by atoms with Crippen LogP contribution >= 0.6 is 0 Å². The normalized spacial score (nSPS) is 16.6. The number of carbonyl (C=O) groups is 1. The molecule has 152 valence electrons. The molecule has 0 fully saturated rings. The third-order valence-electron chi connectivity index (χ3n) is 4.86. The average Bonchev–Trinajstić information content (AvgIpc) is 2.57. The van der Waals surface area contributed by atoms with Crippen LogP contribution in [0.1, 0.15) is 25.8 Å². The minimum atomic E-state index is -4.95. The molecule has 0 aliphatic heterocycles. The SMILES string of the molecule is C/C=C(\C)[C@@H](CCOC(=O)C(OC)(c1ccccc1)C(F)(F)F)[Si](C)(C)C. The molecule has 0 amide bonds. The molecule has 2 atom stereocenters. The van der Waals surface area contributed by atoms with Crippen LogP contribution in [0, 0.1) is 0 Å². The van der Waals surface area contributed by atoms with E-state index < -0.39 is 25.8 Å². The molecule has 0 spiro atoms. The molecular weight excluding hydrogens is 373 g/mol. The highest BCUT2D eigenvalue weighted by Crippen LogP contribution is 2.43. The summed E-state index contributed by atoms with van der Waals surface area (Å²) in [7, 11) is -0.739. The van der Waals surface area contributed by atoms with Gasteiger partial charge in [0, 0.05) is 12.7 Å². The number of benzene rings is 1. The van der Waals surface area contributed by atoms with E-state index in [1.54, 1.807) is 6.07 Å². The van der Waals surface area contributed by atoms with Gasteiger partial charge in [-0.05, 0) is 25.8 Å². The number of methoxy groups -OCH3 is 1. The Hall–Kier alpha value is -1.60. The van der Waals surface area contributed by atoms with Crippen LogP contribution in [0.3, 0.4) is 0 Å². The average molecular weight is 403 g/mol. The molecule has 0 saturated carbocycles. The van der Waals surface area contributed by atoms with Crippen molar-refractivity contribution in [1.29, 1.82) is 0 Å². The first kappa shape index (κ1) is 23.4. The van der Waals surface area contributed by atoms with E-state index in [2.05, 4.69) is 19.6 Å². The summed E-state index contributed by atoms with van der Waals surface area (Å²) < 4.78 is 51.4. The van der Waals surface area contributed by atoms with Gasteiger partial charge in [0.05, 0.1) is 14.7 Å². The molecule has 0 bridgehead atoms. The second-order valence-corrected chi connectivity index (χ2v) is 13.1. The Labute approximate surface area is 160 Å². The Balaban J connectivity index is 3.06. The van der Waals surface area contributed by atoms with Crippen LogP contribution < -0.4 is 0 Å². The van der Waals surface area contributed by atoms with Gasteiger partial charge in [-0.2, -0.15) is 13.2 Å². The molecule has 1 unspecified atom stereocenters. The van der Waals surface area contributed by atoms with Crippen LogP contribution in [0.15, 0.2) is 42.0 Å². The zero-order valence-electron chi connectivity index (χ0n) is 16.8. The summed E-state index contributed by atoms with van der Waals surface area (Å²) >= 11 is 0. The second kappa shape index (κ2) is 9.06. The van der Waals surface area contributed by atoms with E-state index in [9.17, 15) is 18.0 Å². The van der Waals surface area contributed by atoms with Crippen molar-refractivity contribution in [3.05, 3.63) is 47.5 Å². The number of alkyl halides is 3. The fraction of sp³-hybridized carbons (Fsp3) is 0.550. The van der Waals surface area contributed by atoms with Gasteiger partial charge in [0.1, 0.15) is 0 Å². The first-order valence-electron chi connectivity index (χ1n) is 8.89. The fourth-order valence-corrected chi connectivity index (χ4v) is 5.82. The summed E-state index contributed by atoms with van der Waals surface area (Å²) in [6, 6.07) is 6.86. The maximum absolute atomic E-state index is 13.8. The molecule has 0 radical (unpaired) electrons. The second-order valence-electron chi connectivity index (χ2n) is 7.62. The topological polar surface area (TPSA) is 35.5 Å². The molecule has 1 aromatic rings. The fourth-order valence-electron chi connectivity index (χ4n) is 3.30. The van der Waals surface area contributed by atoms with Crippen molar-refractivity contribution in [3.63, 3.8) is 0 Å². The maximum Gasteiger partial charge on any atom is 0.432 e. The Kier molecular flexibility index (Phi) is 7.86. The van der Waals surface area contributed by atoms with Gasteiger partial charge >= 0.3 is 12.1 Å². The number of rotatable bonds is 8. The highest BCUT2D eigenvalue weighted by Gasteiger charge is 2.64. The number of esters is 1. The lowest BCUT2D eigenvalue weighted by atomic mass is 9.93. The lowest BCUT2D eigenvalue weighted by molar-refractivity contribution is -0.276. The van der Waals surface area contributed by atoms with E-state index in [0.29, 0.717) is 6.42 Å². The Morgan fingerprint density at radius 3 is 2.15 bits per heavy atom. The van der Waals surface area contributed by atoms with E-state index >= 15 is 0 Å². The van der Waals surface area contributed by atoms with E-state index in [0.717, 1.165) is 7.11 Å². The van der Waals surface area contributed by atoms with Crippen molar-refractivity contribution < 1.29 is 27.4 Å². The zero-order chi connectivity index (χ0) is 20.9. The van der Waals surface area contributed by atoms with Crippen molar-refractivity contribution in [2.45, 2.75) is 57.2 Å². The largest absolute Gasteiger partial charge is 0.463 e. The van der Waals surface area contributed by atoms with E-state index in [1.165, 1.54) is 29.8 Å². The first-order chi connectivity index (χ1) is 12.4. The quantitative estimate of drug-likeness (QED) is 0.318. The molecule has 1 aromatic carbocycles. The molecule has 0 aromatic heterocycles. The van der Waals surface area contributed by atoms with Crippen LogP contribution in [0.5, 0.6) is 0 Å². The first-order valence-corrected chi connectivity index (χ1v) is 12.5. The van der Waals surface area contributed by atoms with Gasteiger partial charge in [-0.1, -0.05) is 61.6 Å². The summed E-state index contributed by atoms with van der Waals surface area (Å²) in [6.45, 7) is 10.4. The van der Waals surface area contributed by atoms with E-state index in [1.807, 2.05) is 19.9 Å². The summed E-state index contributed by atoms with van der Waals surface area (Å²) in [4.78, 5) is 12.5. The molecule has 0 N–H and O–H groups in total. The number of hydrogen-bond donors (Lipinski definition) is 0. The molecule has 7 heteroatoms. The van der Waals surface area contributed by atoms with Crippen LogP contribution in [0.25, 0.3) is 0 Å². The lowest BCUT2D eigenvalue weighted by Gasteiger charge is -2.33. The molecule has 0 heterocycles. The smallest absolute Gasteiger partial charge is 0.432 e. The molecule has 0 saturated heterocycles. The van der Waals surface area contributed by atoms with Crippen LogP contribution in [-0.2, 0) is 19.9 Å². The van der Waals surface area contributed by atoms with Gasteiger partial charge in [-0.25, -0.2) is 4.79 Å². The monoisotopic (exact) mass is 402 g/mol. The molecule has 27 heavy (non-hydrogen) atoms. The van der Waals surface area contributed by atoms with Gasteiger partial charge in [-0.3, -0.25) is 0 Å².